The number of hydrogen-bond acceptors (Lipinski definition) is 4. The third-order valence-corrected chi connectivity index (χ3v) is 2.62. The largest absolute Gasteiger partial charge is 0.432 e. The lowest BCUT2D eigenvalue weighted by Crippen LogP contribution is -1.95. The Balaban J connectivity index is 2.40. The van der Waals surface area contributed by atoms with Gasteiger partial charge in [-0.25, -0.2) is 4.98 Å². The molecular weight excluding hydrogens is 288 g/mol. The smallest absolute Gasteiger partial charge is 0.325 e. The van der Waals surface area contributed by atoms with Gasteiger partial charge in [-0.15, -0.1) is 0 Å². The number of nitro benzene ring substituents is 1. The summed E-state index contributed by atoms with van der Waals surface area (Å²) in [5.41, 5.74) is -0.113. The van der Waals surface area contributed by atoms with Gasteiger partial charge in [0.2, 0.25) is 11.6 Å². The van der Waals surface area contributed by atoms with Gasteiger partial charge in [-0.1, -0.05) is 12.1 Å². The van der Waals surface area contributed by atoms with E-state index in [9.17, 15) is 10.1 Å². The molecule has 0 saturated heterocycles. The molecule has 0 aliphatic rings. The van der Waals surface area contributed by atoms with Crippen LogP contribution in [-0.2, 0) is 0 Å². The lowest BCUT2D eigenvalue weighted by Gasteiger charge is -2.05. The van der Waals surface area contributed by atoms with E-state index in [2.05, 4.69) is 20.9 Å². The van der Waals surface area contributed by atoms with Gasteiger partial charge in [0, 0.05) is 12.3 Å². The van der Waals surface area contributed by atoms with E-state index in [0.29, 0.717) is 10.4 Å². The summed E-state index contributed by atoms with van der Waals surface area (Å²) in [6, 6.07) is 9.88. The van der Waals surface area contributed by atoms with Crippen molar-refractivity contribution in [3.8, 4) is 11.6 Å². The average Bonchev–Trinajstić information content (AvgIpc) is 2.30. The Morgan fingerprint density at radius 3 is 2.71 bits per heavy atom. The zero-order valence-corrected chi connectivity index (χ0v) is 10.1. The van der Waals surface area contributed by atoms with Crippen LogP contribution in [-0.4, -0.2) is 9.91 Å². The third kappa shape index (κ3) is 2.59. The Hall–Kier alpha value is -1.95. The number of rotatable bonds is 3. The van der Waals surface area contributed by atoms with E-state index >= 15 is 0 Å². The molecule has 0 aliphatic heterocycles. The summed E-state index contributed by atoms with van der Waals surface area (Å²) in [6.45, 7) is 0. The Kier molecular flexibility index (Phi) is 3.34. The molecule has 1 aromatic heterocycles. The number of pyridine rings is 1. The maximum atomic E-state index is 10.9. The fraction of sp³-hybridized carbons (Fsp3) is 0. The zero-order valence-electron chi connectivity index (χ0n) is 8.54. The molecule has 0 bridgehead atoms. The molecular formula is C11H7BrN2O3. The maximum Gasteiger partial charge on any atom is 0.325 e. The van der Waals surface area contributed by atoms with E-state index in [1.54, 1.807) is 36.5 Å². The van der Waals surface area contributed by atoms with Gasteiger partial charge >= 0.3 is 5.69 Å². The van der Waals surface area contributed by atoms with Crippen LogP contribution in [0.3, 0.4) is 0 Å². The summed E-state index contributed by atoms with van der Waals surface area (Å²) in [5, 5.41) is 10.9. The molecule has 0 atom stereocenters. The van der Waals surface area contributed by atoms with Gasteiger partial charge in [0.15, 0.2) is 0 Å². The van der Waals surface area contributed by atoms with Gasteiger partial charge in [0.25, 0.3) is 0 Å². The van der Waals surface area contributed by atoms with Crippen LogP contribution in [0.5, 0.6) is 11.6 Å². The van der Waals surface area contributed by atoms with Crippen LogP contribution in [0.4, 0.5) is 5.69 Å². The number of ether oxygens (including phenoxy) is 1. The van der Waals surface area contributed by atoms with Crippen LogP contribution in [0.15, 0.2) is 47.1 Å². The van der Waals surface area contributed by atoms with Crippen LogP contribution in [0, 0.1) is 10.1 Å². The molecule has 1 aromatic carbocycles. The molecule has 17 heavy (non-hydrogen) atoms. The third-order valence-electron chi connectivity index (χ3n) is 1.98. The second-order valence-corrected chi connectivity index (χ2v) is 3.97. The molecule has 0 N–H and O–H groups in total. The zero-order chi connectivity index (χ0) is 12.3. The molecule has 86 valence electrons. The predicted molar refractivity (Wildman–Crippen MR) is 65.1 cm³/mol. The highest BCUT2D eigenvalue weighted by Crippen LogP contribution is 2.36. The number of benzene rings is 1. The fourth-order valence-corrected chi connectivity index (χ4v) is 1.77. The molecule has 0 fully saturated rings. The number of aromatic nitrogens is 1. The van der Waals surface area contributed by atoms with E-state index < -0.39 is 4.92 Å². The molecule has 0 spiro atoms. The van der Waals surface area contributed by atoms with Crippen molar-refractivity contribution in [1.29, 1.82) is 0 Å². The Morgan fingerprint density at radius 2 is 2.06 bits per heavy atom. The highest BCUT2D eigenvalue weighted by atomic mass is 79.9. The van der Waals surface area contributed by atoms with E-state index in [1.165, 1.54) is 6.07 Å². The highest BCUT2D eigenvalue weighted by molar-refractivity contribution is 9.10. The molecule has 0 aliphatic carbocycles. The lowest BCUT2D eigenvalue weighted by atomic mass is 10.3. The summed E-state index contributed by atoms with van der Waals surface area (Å²) < 4.78 is 5.74. The first-order chi connectivity index (χ1) is 8.18. The number of halogens is 1. The lowest BCUT2D eigenvalue weighted by molar-refractivity contribution is -0.386. The van der Waals surface area contributed by atoms with Gasteiger partial charge in [-0.05, 0) is 34.1 Å². The summed E-state index contributed by atoms with van der Waals surface area (Å²) in [7, 11) is 0. The molecule has 5 nitrogen and oxygen atoms in total. The van der Waals surface area contributed by atoms with Crippen molar-refractivity contribution < 1.29 is 9.66 Å². The molecule has 1 heterocycles. The second-order valence-electron chi connectivity index (χ2n) is 3.11. The van der Waals surface area contributed by atoms with Gasteiger partial charge < -0.3 is 4.74 Å². The van der Waals surface area contributed by atoms with Crippen LogP contribution in [0.1, 0.15) is 0 Å². The molecule has 0 amide bonds. The molecule has 0 saturated carbocycles. The Labute approximate surface area is 105 Å². The van der Waals surface area contributed by atoms with Crippen LogP contribution < -0.4 is 4.74 Å². The van der Waals surface area contributed by atoms with E-state index in [0.717, 1.165) is 0 Å². The van der Waals surface area contributed by atoms with E-state index in [-0.39, 0.29) is 11.4 Å². The molecule has 6 heteroatoms. The van der Waals surface area contributed by atoms with Crippen molar-refractivity contribution in [2.45, 2.75) is 0 Å². The monoisotopic (exact) mass is 294 g/mol. The fourth-order valence-electron chi connectivity index (χ4n) is 1.28. The molecule has 0 unspecified atom stereocenters. The SMILES string of the molecule is O=[N+]([O-])c1c(Br)cccc1Oc1ccccn1. The second kappa shape index (κ2) is 4.92. The van der Waals surface area contributed by atoms with Crippen LogP contribution in [0.2, 0.25) is 0 Å². The number of para-hydroxylation sites is 1. The van der Waals surface area contributed by atoms with Gasteiger partial charge in [0.05, 0.1) is 9.40 Å². The van der Waals surface area contributed by atoms with Crippen LogP contribution >= 0.6 is 15.9 Å². The minimum Gasteiger partial charge on any atom is -0.432 e. The summed E-state index contributed by atoms with van der Waals surface area (Å²) in [6.07, 6.45) is 1.55. The van der Waals surface area contributed by atoms with Gasteiger partial charge in [-0.2, -0.15) is 0 Å². The maximum absolute atomic E-state index is 10.9. The van der Waals surface area contributed by atoms with Gasteiger partial charge in [-0.3, -0.25) is 10.1 Å². The number of nitro groups is 1. The first-order valence-corrected chi connectivity index (χ1v) is 5.49. The van der Waals surface area contributed by atoms with Crippen molar-refractivity contribution in [3.05, 3.63) is 57.2 Å². The molecule has 0 radical (unpaired) electrons. The Morgan fingerprint density at radius 1 is 1.24 bits per heavy atom. The van der Waals surface area contributed by atoms with E-state index in [4.69, 9.17) is 4.74 Å². The normalized spacial score (nSPS) is 9.94. The topological polar surface area (TPSA) is 65.3 Å². The van der Waals surface area contributed by atoms with Crippen molar-refractivity contribution >= 4 is 21.6 Å². The minimum absolute atomic E-state index is 0.113. The summed E-state index contributed by atoms with van der Waals surface area (Å²) in [4.78, 5) is 14.4. The van der Waals surface area contributed by atoms with Crippen molar-refractivity contribution in [2.24, 2.45) is 0 Å². The predicted octanol–water partition coefficient (Wildman–Crippen LogP) is 3.54. The minimum atomic E-state index is -0.498. The Bertz CT molecular complexity index is 546. The van der Waals surface area contributed by atoms with Crippen molar-refractivity contribution in [2.75, 3.05) is 0 Å². The first kappa shape index (κ1) is 11.5. The van der Waals surface area contributed by atoms with Crippen molar-refractivity contribution in [3.63, 3.8) is 0 Å². The standard InChI is InChI=1S/C11H7BrN2O3/c12-8-4-3-5-9(11(8)14(15)16)17-10-6-1-2-7-13-10/h1-7H. The van der Waals surface area contributed by atoms with Crippen molar-refractivity contribution in [1.82, 2.24) is 4.98 Å². The summed E-state index contributed by atoms with van der Waals surface area (Å²) in [5.74, 6) is 0.469. The quantitative estimate of drug-likeness (QED) is 0.641. The summed E-state index contributed by atoms with van der Waals surface area (Å²) >= 11 is 3.12. The first-order valence-electron chi connectivity index (χ1n) is 4.70. The highest BCUT2D eigenvalue weighted by Gasteiger charge is 2.19. The van der Waals surface area contributed by atoms with Crippen LogP contribution in [0.25, 0.3) is 0 Å². The molecule has 2 aromatic rings. The van der Waals surface area contributed by atoms with Gasteiger partial charge in [0.1, 0.15) is 0 Å². The van der Waals surface area contributed by atoms with E-state index in [1.807, 2.05) is 0 Å². The number of nitrogens with zero attached hydrogens (tertiary/aromatic N) is 2. The average molecular weight is 295 g/mol. The molecule has 2 rings (SSSR count). The number of hydrogen-bond donors (Lipinski definition) is 0.